The van der Waals surface area contributed by atoms with Crippen molar-refractivity contribution >= 4 is 10.1 Å². The first-order chi connectivity index (χ1) is 13.1. The van der Waals surface area contributed by atoms with Gasteiger partial charge in [-0.25, -0.2) is 9.97 Å². The van der Waals surface area contributed by atoms with Gasteiger partial charge in [0.1, 0.15) is 5.69 Å². The average Bonchev–Trinajstić information content (AvgIpc) is 2.61. The van der Waals surface area contributed by atoms with Gasteiger partial charge in [-0.1, -0.05) is 48.5 Å². The lowest BCUT2D eigenvalue weighted by Crippen LogP contribution is -2.28. The molecule has 3 rings (SSSR count). The van der Waals surface area contributed by atoms with Gasteiger partial charge in [-0.2, -0.15) is 21.6 Å². The van der Waals surface area contributed by atoms with Gasteiger partial charge in [0.05, 0.1) is 11.9 Å². The highest BCUT2D eigenvalue weighted by atomic mass is 32.2. The number of nitrogens with zero attached hydrogens (tertiary/aromatic N) is 2. The highest BCUT2D eigenvalue weighted by Gasteiger charge is 2.49. The van der Waals surface area contributed by atoms with Gasteiger partial charge in [0.25, 0.3) is 5.88 Å². The van der Waals surface area contributed by atoms with E-state index in [1.54, 1.807) is 43.3 Å². The van der Waals surface area contributed by atoms with Crippen molar-refractivity contribution in [1.29, 1.82) is 0 Å². The van der Waals surface area contributed by atoms with Gasteiger partial charge >= 0.3 is 15.6 Å². The fourth-order valence-electron chi connectivity index (χ4n) is 2.63. The quantitative estimate of drug-likeness (QED) is 0.464. The van der Waals surface area contributed by atoms with Gasteiger partial charge in [-0.05, 0) is 25.0 Å². The third-order valence-electron chi connectivity index (χ3n) is 4.03. The largest absolute Gasteiger partial charge is 0.534 e. The van der Waals surface area contributed by atoms with E-state index in [0.29, 0.717) is 11.3 Å². The van der Waals surface area contributed by atoms with Crippen LogP contribution in [-0.2, 0) is 10.1 Å². The lowest BCUT2D eigenvalue weighted by Gasteiger charge is -2.14. The Labute approximate surface area is 160 Å². The van der Waals surface area contributed by atoms with Crippen LogP contribution in [-0.4, -0.2) is 23.9 Å². The van der Waals surface area contributed by atoms with Crippen molar-refractivity contribution in [1.82, 2.24) is 9.97 Å². The molecule has 3 aromatic rings. The van der Waals surface area contributed by atoms with Crippen LogP contribution >= 0.6 is 0 Å². The molecule has 1 heterocycles. The second kappa shape index (κ2) is 7.23. The van der Waals surface area contributed by atoms with Crippen molar-refractivity contribution in [3.8, 4) is 28.4 Å². The summed E-state index contributed by atoms with van der Waals surface area (Å²) in [5.41, 5.74) is -1.94. The summed E-state index contributed by atoms with van der Waals surface area (Å²) in [7, 11) is -5.85. The van der Waals surface area contributed by atoms with Crippen LogP contribution in [0.2, 0.25) is 0 Å². The van der Waals surface area contributed by atoms with Gasteiger partial charge in [0.15, 0.2) is 0 Å². The monoisotopic (exact) mass is 408 g/mol. The summed E-state index contributed by atoms with van der Waals surface area (Å²) in [5, 5.41) is 0. The van der Waals surface area contributed by atoms with Gasteiger partial charge < -0.3 is 4.18 Å². The molecule has 28 heavy (non-hydrogen) atoms. The Bertz CT molecular complexity index is 1130. The lowest BCUT2D eigenvalue weighted by molar-refractivity contribution is -0.0501. The number of hydrogen-bond acceptors (Lipinski definition) is 5. The molecular formula is C19H15F3N2O3S. The zero-order valence-electron chi connectivity index (χ0n) is 14.9. The Balaban J connectivity index is 2.21. The van der Waals surface area contributed by atoms with E-state index in [-0.39, 0.29) is 5.69 Å². The summed E-state index contributed by atoms with van der Waals surface area (Å²) >= 11 is 0. The highest BCUT2D eigenvalue weighted by molar-refractivity contribution is 7.87. The maximum Gasteiger partial charge on any atom is 0.534 e. The molecule has 0 aliphatic rings. The average molecular weight is 408 g/mol. The zero-order valence-corrected chi connectivity index (χ0v) is 15.7. The van der Waals surface area contributed by atoms with E-state index in [9.17, 15) is 21.6 Å². The molecule has 0 unspecified atom stereocenters. The fourth-order valence-corrected chi connectivity index (χ4v) is 3.03. The molecule has 1 aromatic heterocycles. The molecule has 0 saturated heterocycles. The SMILES string of the molecule is Cc1ccccc1-c1ncc(OS(=O)(=O)C(F)(F)F)nc1-c1ccccc1C. The van der Waals surface area contributed by atoms with E-state index in [2.05, 4.69) is 14.2 Å². The van der Waals surface area contributed by atoms with Crippen LogP contribution in [0, 0.1) is 13.8 Å². The molecule has 0 radical (unpaired) electrons. The van der Waals surface area contributed by atoms with Crippen LogP contribution in [0.5, 0.6) is 5.88 Å². The molecule has 0 aliphatic carbocycles. The van der Waals surface area contributed by atoms with Crippen molar-refractivity contribution in [3.63, 3.8) is 0 Å². The van der Waals surface area contributed by atoms with Crippen molar-refractivity contribution in [2.24, 2.45) is 0 Å². The Morgan fingerprint density at radius 1 is 0.857 bits per heavy atom. The smallest absolute Gasteiger partial charge is 0.354 e. The van der Waals surface area contributed by atoms with E-state index >= 15 is 0 Å². The fraction of sp³-hybridized carbons (Fsp3) is 0.158. The maximum absolute atomic E-state index is 12.6. The van der Waals surface area contributed by atoms with E-state index in [4.69, 9.17) is 0 Å². The summed E-state index contributed by atoms with van der Waals surface area (Å²) in [6.07, 6.45) is 0.868. The topological polar surface area (TPSA) is 69.2 Å². The number of benzene rings is 2. The van der Waals surface area contributed by atoms with Crippen molar-refractivity contribution in [3.05, 3.63) is 65.9 Å². The third kappa shape index (κ3) is 3.84. The van der Waals surface area contributed by atoms with Gasteiger partial charge in [-0.3, -0.25) is 0 Å². The van der Waals surface area contributed by atoms with Gasteiger partial charge in [0, 0.05) is 11.1 Å². The lowest BCUT2D eigenvalue weighted by atomic mass is 9.98. The number of aryl methyl sites for hydroxylation is 2. The molecule has 0 bridgehead atoms. The Kier molecular flexibility index (Phi) is 5.12. The summed E-state index contributed by atoms with van der Waals surface area (Å²) < 4.78 is 64.8. The number of alkyl halides is 3. The number of hydrogen-bond donors (Lipinski definition) is 0. The molecule has 0 aliphatic heterocycles. The van der Waals surface area contributed by atoms with Crippen LogP contribution in [0.4, 0.5) is 13.2 Å². The Morgan fingerprint density at radius 3 is 1.86 bits per heavy atom. The normalized spacial score (nSPS) is 12.0. The first-order valence-corrected chi connectivity index (χ1v) is 9.51. The van der Waals surface area contributed by atoms with Gasteiger partial charge in [0.2, 0.25) is 0 Å². The molecule has 0 amide bonds. The van der Waals surface area contributed by atoms with Crippen molar-refractivity contribution < 1.29 is 25.8 Å². The van der Waals surface area contributed by atoms with Crippen molar-refractivity contribution in [2.75, 3.05) is 0 Å². The number of rotatable bonds is 4. The summed E-state index contributed by atoms with van der Waals surface area (Å²) in [6.45, 7) is 3.66. The summed E-state index contributed by atoms with van der Waals surface area (Å²) in [5.74, 6) is -0.757. The first-order valence-electron chi connectivity index (χ1n) is 8.10. The minimum Gasteiger partial charge on any atom is -0.354 e. The highest BCUT2D eigenvalue weighted by Crippen LogP contribution is 2.34. The molecule has 0 saturated carbocycles. The minimum absolute atomic E-state index is 0.224. The molecule has 146 valence electrons. The molecule has 0 N–H and O–H groups in total. The predicted molar refractivity (Wildman–Crippen MR) is 98.0 cm³/mol. The van der Waals surface area contributed by atoms with Gasteiger partial charge in [-0.15, -0.1) is 0 Å². The Morgan fingerprint density at radius 2 is 1.36 bits per heavy atom. The summed E-state index contributed by atoms with van der Waals surface area (Å²) in [4.78, 5) is 8.23. The molecular weight excluding hydrogens is 393 g/mol. The van der Waals surface area contributed by atoms with E-state index in [1.807, 2.05) is 19.1 Å². The summed E-state index contributed by atoms with van der Waals surface area (Å²) in [6, 6.07) is 14.4. The van der Waals surface area contributed by atoms with E-state index in [1.165, 1.54) is 0 Å². The molecule has 0 fully saturated rings. The second-order valence-electron chi connectivity index (χ2n) is 6.02. The molecule has 0 atom stereocenters. The molecule has 5 nitrogen and oxygen atoms in total. The van der Waals surface area contributed by atoms with Crippen LogP contribution in [0.1, 0.15) is 11.1 Å². The number of halogens is 3. The zero-order chi connectivity index (χ0) is 20.5. The van der Waals surface area contributed by atoms with Crippen LogP contribution in [0.3, 0.4) is 0 Å². The maximum atomic E-state index is 12.6. The van der Waals surface area contributed by atoms with E-state index < -0.39 is 21.5 Å². The minimum atomic E-state index is -5.85. The number of aromatic nitrogens is 2. The van der Waals surface area contributed by atoms with Crippen LogP contribution in [0.15, 0.2) is 54.7 Å². The molecule has 2 aromatic carbocycles. The van der Waals surface area contributed by atoms with Crippen LogP contribution in [0.25, 0.3) is 22.5 Å². The van der Waals surface area contributed by atoms with Crippen LogP contribution < -0.4 is 4.18 Å². The second-order valence-corrected chi connectivity index (χ2v) is 7.56. The standard InChI is InChI=1S/C19H15F3N2O3S/c1-12-7-3-5-9-14(12)17-18(15-10-6-4-8-13(15)2)24-16(11-23-17)27-28(25,26)19(20,21)22/h3-11H,1-2H3. The Hall–Kier alpha value is -2.94. The molecule has 0 spiro atoms. The molecule has 9 heteroatoms. The third-order valence-corrected chi connectivity index (χ3v) is 4.99. The van der Waals surface area contributed by atoms with E-state index in [0.717, 1.165) is 22.9 Å². The first kappa shape index (κ1) is 19.8. The van der Waals surface area contributed by atoms with Crippen molar-refractivity contribution in [2.45, 2.75) is 19.4 Å². The predicted octanol–water partition coefficient (Wildman–Crippen LogP) is 4.66.